The van der Waals surface area contributed by atoms with Gasteiger partial charge in [0.15, 0.2) is 5.96 Å². The van der Waals surface area contributed by atoms with Gasteiger partial charge < -0.3 is 10.6 Å². The van der Waals surface area contributed by atoms with Crippen LogP contribution in [-0.4, -0.2) is 35.0 Å². The lowest BCUT2D eigenvalue weighted by Gasteiger charge is -2.14. The van der Waals surface area contributed by atoms with E-state index in [0.29, 0.717) is 23.3 Å². The maximum absolute atomic E-state index is 11.0. The van der Waals surface area contributed by atoms with Gasteiger partial charge in [-0.15, -0.1) is 0 Å². The summed E-state index contributed by atoms with van der Waals surface area (Å²) in [6, 6.07) is 6.73. The Labute approximate surface area is 134 Å². The van der Waals surface area contributed by atoms with Crippen molar-refractivity contribution >= 4 is 23.4 Å². The fourth-order valence-corrected chi connectivity index (χ4v) is 3.55. The van der Waals surface area contributed by atoms with E-state index in [9.17, 15) is 10.1 Å². The number of para-hydroxylation sites is 1. The van der Waals surface area contributed by atoms with Gasteiger partial charge in [-0.05, 0) is 25.5 Å². The summed E-state index contributed by atoms with van der Waals surface area (Å²) >= 11 is 1.99. The Kier molecular flexibility index (Phi) is 6.51. The van der Waals surface area contributed by atoms with Gasteiger partial charge in [-0.2, -0.15) is 11.8 Å². The predicted octanol–water partition coefficient (Wildman–Crippen LogP) is 2.55. The molecule has 0 spiro atoms. The number of guanidine groups is 1. The number of benzene rings is 1. The lowest BCUT2D eigenvalue weighted by molar-refractivity contribution is -0.385. The molecule has 0 aliphatic carbocycles. The van der Waals surface area contributed by atoms with E-state index in [4.69, 9.17) is 0 Å². The Bertz CT molecular complexity index is 530. The minimum atomic E-state index is -0.361. The zero-order chi connectivity index (χ0) is 15.8. The lowest BCUT2D eigenvalue weighted by Crippen LogP contribution is -2.40. The fraction of sp³-hybridized carbons (Fsp3) is 0.533. The topological polar surface area (TPSA) is 79.6 Å². The highest BCUT2D eigenvalue weighted by atomic mass is 32.2. The van der Waals surface area contributed by atoms with Crippen LogP contribution in [0.1, 0.15) is 25.3 Å². The normalized spacial score (nSPS) is 18.2. The standard InChI is InChI=1S/C15H22N4O2S/c1-2-16-15(18-11-13-7-5-9-22-13)17-10-12-6-3-4-8-14(12)19(20)21/h3-4,6,8,13H,2,5,7,9-11H2,1H3,(H2,16,17,18). The van der Waals surface area contributed by atoms with Crippen molar-refractivity contribution < 1.29 is 4.92 Å². The molecular weight excluding hydrogens is 300 g/mol. The van der Waals surface area contributed by atoms with Crippen molar-refractivity contribution in [3.05, 3.63) is 39.9 Å². The Morgan fingerprint density at radius 2 is 2.27 bits per heavy atom. The van der Waals surface area contributed by atoms with Gasteiger partial charge in [0.1, 0.15) is 0 Å². The van der Waals surface area contributed by atoms with Crippen LogP contribution in [0.25, 0.3) is 0 Å². The minimum Gasteiger partial charge on any atom is -0.357 e. The zero-order valence-corrected chi connectivity index (χ0v) is 13.6. The van der Waals surface area contributed by atoms with Gasteiger partial charge in [-0.1, -0.05) is 18.2 Å². The van der Waals surface area contributed by atoms with Crippen molar-refractivity contribution in [1.29, 1.82) is 0 Å². The molecule has 0 aromatic heterocycles. The summed E-state index contributed by atoms with van der Waals surface area (Å²) in [5, 5.41) is 18.2. The van der Waals surface area contributed by atoms with Crippen LogP contribution < -0.4 is 10.6 Å². The van der Waals surface area contributed by atoms with E-state index < -0.39 is 0 Å². The Balaban J connectivity index is 1.98. The number of nitrogens with one attached hydrogen (secondary N) is 2. The van der Waals surface area contributed by atoms with Gasteiger partial charge in [-0.3, -0.25) is 10.1 Å². The summed E-state index contributed by atoms with van der Waals surface area (Å²) in [6.07, 6.45) is 2.52. The fourth-order valence-electron chi connectivity index (χ4n) is 2.34. The summed E-state index contributed by atoms with van der Waals surface area (Å²) in [6.45, 7) is 3.95. The van der Waals surface area contributed by atoms with Crippen LogP contribution in [0.3, 0.4) is 0 Å². The first kappa shape index (κ1) is 16.6. The molecular formula is C15H22N4O2S. The van der Waals surface area contributed by atoms with Crippen molar-refractivity contribution in [3.8, 4) is 0 Å². The highest BCUT2D eigenvalue weighted by Crippen LogP contribution is 2.25. The predicted molar refractivity (Wildman–Crippen MR) is 91.4 cm³/mol. The number of aliphatic imine (C=N–C) groups is 1. The number of nitro groups is 1. The second-order valence-corrected chi connectivity index (χ2v) is 6.51. The molecule has 22 heavy (non-hydrogen) atoms. The molecule has 1 fully saturated rings. The summed E-state index contributed by atoms with van der Waals surface area (Å²) in [5.74, 6) is 1.95. The molecule has 0 saturated carbocycles. The number of nitro benzene ring substituents is 1. The molecule has 0 radical (unpaired) electrons. The molecule has 0 bridgehead atoms. The molecule has 0 amide bonds. The number of hydrogen-bond acceptors (Lipinski definition) is 4. The maximum Gasteiger partial charge on any atom is 0.274 e. The van der Waals surface area contributed by atoms with Gasteiger partial charge in [0, 0.05) is 24.4 Å². The number of thioether (sulfide) groups is 1. The number of rotatable bonds is 6. The molecule has 1 aliphatic rings. The van der Waals surface area contributed by atoms with E-state index in [2.05, 4.69) is 15.6 Å². The third kappa shape index (κ3) is 4.91. The lowest BCUT2D eigenvalue weighted by atomic mass is 10.2. The maximum atomic E-state index is 11.0. The van der Waals surface area contributed by atoms with E-state index in [-0.39, 0.29) is 10.6 Å². The molecule has 6 nitrogen and oxygen atoms in total. The zero-order valence-electron chi connectivity index (χ0n) is 12.7. The first-order chi connectivity index (χ1) is 10.7. The first-order valence-corrected chi connectivity index (χ1v) is 8.61. The smallest absolute Gasteiger partial charge is 0.274 e. The third-order valence-electron chi connectivity index (χ3n) is 3.46. The van der Waals surface area contributed by atoms with Gasteiger partial charge in [0.2, 0.25) is 0 Å². The molecule has 120 valence electrons. The second-order valence-electron chi connectivity index (χ2n) is 5.10. The van der Waals surface area contributed by atoms with Gasteiger partial charge in [0.25, 0.3) is 5.69 Å². The van der Waals surface area contributed by atoms with Crippen LogP contribution in [-0.2, 0) is 6.54 Å². The van der Waals surface area contributed by atoms with Crippen LogP contribution in [0.2, 0.25) is 0 Å². The molecule has 1 heterocycles. The second kappa shape index (κ2) is 8.63. The summed E-state index contributed by atoms with van der Waals surface area (Å²) in [7, 11) is 0. The molecule has 1 atom stereocenters. The van der Waals surface area contributed by atoms with E-state index >= 15 is 0 Å². The van der Waals surface area contributed by atoms with Crippen LogP contribution >= 0.6 is 11.8 Å². The summed E-state index contributed by atoms with van der Waals surface area (Å²) in [4.78, 5) is 15.1. The summed E-state index contributed by atoms with van der Waals surface area (Å²) in [5.41, 5.74) is 0.744. The third-order valence-corrected chi connectivity index (χ3v) is 4.86. The molecule has 1 aliphatic heterocycles. The van der Waals surface area contributed by atoms with Crippen molar-refractivity contribution in [2.24, 2.45) is 4.99 Å². The van der Waals surface area contributed by atoms with Crippen LogP contribution in [0.5, 0.6) is 0 Å². The van der Waals surface area contributed by atoms with Crippen LogP contribution in [0, 0.1) is 10.1 Å². The van der Waals surface area contributed by atoms with E-state index in [1.54, 1.807) is 18.2 Å². The van der Waals surface area contributed by atoms with Crippen molar-refractivity contribution in [2.75, 3.05) is 18.8 Å². The number of nitrogens with zero attached hydrogens (tertiary/aromatic N) is 2. The first-order valence-electron chi connectivity index (χ1n) is 7.56. The number of hydrogen-bond donors (Lipinski definition) is 2. The van der Waals surface area contributed by atoms with E-state index in [0.717, 1.165) is 13.1 Å². The molecule has 2 rings (SSSR count). The van der Waals surface area contributed by atoms with Crippen molar-refractivity contribution in [2.45, 2.75) is 31.6 Å². The molecule has 7 heteroatoms. The Morgan fingerprint density at radius 3 is 2.95 bits per heavy atom. The monoisotopic (exact) mass is 322 g/mol. The van der Waals surface area contributed by atoms with Crippen LogP contribution in [0.4, 0.5) is 5.69 Å². The quantitative estimate of drug-likeness (QED) is 0.364. The van der Waals surface area contributed by atoms with Gasteiger partial charge in [0.05, 0.1) is 17.0 Å². The molecule has 1 unspecified atom stereocenters. The van der Waals surface area contributed by atoms with Crippen molar-refractivity contribution in [1.82, 2.24) is 10.6 Å². The van der Waals surface area contributed by atoms with E-state index in [1.165, 1.54) is 24.7 Å². The minimum absolute atomic E-state index is 0.119. The average molecular weight is 322 g/mol. The molecule has 1 saturated heterocycles. The average Bonchev–Trinajstić information content (AvgIpc) is 3.03. The van der Waals surface area contributed by atoms with E-state index in [1.807, 2.05) is 18.7 Å². The SMILES string of the molecule is CCNC(=NCc1ccccc1[N+](=O)[O-])NCC1CCCS1. The van der Waals surface area contributed by atoms with Gasteiger partial charge >= 0.3 is 0 Å². The molecule has 1 aromatic rings. The van der Waals surface area contributed by atoms with Crippen LogP contribution in [0.15, 0.2) is 29.3 Å². The molecule has 2 N–H and O–H groups in total. The highest BCUT2D eigenvalue weighted by molar-refractivity contribution is 8.00. The summed E-state index contributed by atoms with van der Waals surface area (Å²) < 4.78 is 0. The highest BCUT2D eigenvalue weighted by Gasteiger charge is 2.16. The molecule has 1 aromatic carbocycles. The van der Waals surface area contributed by atoms with Gasteiger partial charge in [-0.25, -0.2) is 4.99 Å². The Morgan fingerprint density at radius 1 is 1.45 bits per heavy atom. The Hall–Kier alpha value is -1.76. The largest absolute Gasteiger partial charge is 0.357 e. The van der Waals surface area contributed by atoms with Crippen molar-refractivity contribution in [3.63, 3.8) is 0 Å².